The first-order valence-electron chi connectivity index (χ1n) is 22.2. The number of hydrogen-bond acceptors (Lipinski definition) is 2. The van der Waals surface area contributed by atoms with Gasteiger partial charge in [0, 0.05) is 57.9 Å². The molecule has 0 unspecified atom stereocenters. The second-order valence-corrected chi connectivity index (χ2v) is 16.9. The Morgan fingerprint density at radius 3 is 1.46 bits per heavy atom. The molecule has 4 heteroatoms. The second kappa shape index (κ2) is 14.8. The van der Waals surface area contributed by atoms with Crippen molar-refractivity contribution in [3.63, 3.8) is 0 Å². The molecule has 1 aliphatic carbocycles. The molecule has 0 fully saturated rings. The average Bonchev–Trinajstić information content (AvgIpc) is 4.02. The lowest BCUT2D eigenvalue weighted by molar-refractivity contribution is 0.764. The van der Waals surface area contributed by atoms with Gasteiger partial charge in [-0.3, -0.25) is 9.97 Å². The zero-order valence-electron chi connectivity index (χ0n) is 35.4. The summed E-state index contributed by atoms with van der Waals surface area (Å²) < 4.78 is 4.86. The molecule has 0 radical (unpaired) electrons. The maximum absolute atomic E-state index is 4.44. The van der Waals surface area contributed by atoms with Crippen LogP contribution in [0.4, 0.5) is 0 Å². The Labute approximate surface area is 377 Å². The van der Waals surface area contributed by atoms with Crippen molar-refractivity contribution in [2.45, 2.75) is 5.41 Å². The van der Waals surface area contributed by atoms with Crippen LogP contribution in [0.3, 0.4) is 0 Å². The van der Waals surface area contributed by atoms with Crippen LogP contribution in [-0.4, -0.2) is 19.1 Å². The number of fused-ring (bicyclic) bond motifs is 8. The van der Waals surface area contributed by atoms with Gasteiger partial charge in [0.15, 0.2) is 0 Å². The third kappa shape index (κ3) is 5.51. The summed E-state index contributed by atoms with van der Waals surface area (Å²) in [5.74, 6) is 0. The Hall–Kier alpha value is -8.60. The van der Waals surface area contributed by atoms with E-state index in [9.17, 15) is 0 Å². The van der Waals surface area contributed by atoms with Gasteiger partial charge in [0.1, 0.15) is 0 Å². The highest BCUT2D eigenvalue weighted by molar-refractivity contribution is 6.18. The monoisotopic (exact) mass is 828 g/mol. The average molecular weight is 829 g/mol. The van der Waals surface area contributed by atoms with Gasteiger partial charge in [0.2, 0.25) is 0 Å². The molecular weight excluding hydrogens is 789 g/mol. The standard InChI is InChI=1S/C61H40N4/c1-3-13-43(14-4-1)57-50-18-8-12-22-55(50)65(60(57)44-15-5-2-6-16-44)48-29-25-42(26-30-48)41-23-27-47(28-24-41)64-54-21-11-9-19-51(54)59-56(64)32-31-53-58(59)49-17-7-10-20-52(49)61(53,45-33-37-62-38-34-45)46-35-39-63-40-36-46/h1-40H. The van der Waals surface area contributed by atoms with Crippen molar-refractivity contribution in [2.24, 2.45) is 0 Å². The van der Waals surface area contributed by atoms with Crippen molar-refractivity contribution < 1.29 is 0 Å². The van der Waals surface area contributed by atoms with Crippen molar-refractivity contribution in [1.29, 1.82) is 0 Å². The molecule has 304 valence electrons. The Balaban J connectivity index is 0.937. The summed E-state index contributed by atoms with van der Waals surface area (Å²) >= 11 is 0. The van der Waals surface area contributed by atoms with Crippen LogP contribution in [0.5, 0.6) is 0 Å². The van der Waals surface area contributed by atoms with Crippen molar-refractivity contribution in [3.8, 4) is 56.0 Å². The number of hydrogen-bond donors (Lipinski definition) is 0. The molecule has 1 aliphatic rings. The molecule has 13 rings (SSSR count). The van der Waals surface area contributed by atoms with E-state index in [1.54, 1.807) is 0 Å². The van der Waals surface area contributed by atoms with Crippen LogP contribution in [-0.2, 0) is 5.41 Å². The van der Waals surface area contributed by atoms with Crippen LogP contribution < -0.4 is 0 Å². The molecule has 4 nitrogen and oxygen atoms in total. The first-order valence-corrected chi connectivity index (χ1v) is 22.2. The molecule has 0 saturated carbocycles. The molecule has 0 amide bonds. The van der Waals surface area contributed by atoms with E-state index in [0.29, 0.717) is 0 Å². The normalized spacial score (nSPS) is 12.7. The van der Waals surface area contributed by atoms with Gasteiger partial charge < -0.3 is 9.13 Å². The highest BCUT2D eigenvalue weighted by atomic mass is 15.0. The molecule has 0 N–H and O–H groups in total. The van der Waals surface area contributed by atoms with Gasteiger partial charge in [-0.25, -0.2) is 0 Å². The Morgan fingerprint density at radius 1 is 0.323 bits per heavy atom. The number of rotatable bonds is 7. The van der Waals surface area contributed by atoms with Crippen LogP contribution >= 0.6 is 0 Å². The third-order valence-corrected chi connectivity index (χ3v) is 13.6. The quantitative estimate of drug-likeness (QED) is 0.160. The number of nitrogens with zero attached hydrogens (tertiary/aromatic N) is 4. The van der Waals surface area contributed by atoms with E-state index < -0.39 is 5.41 Å². The van der Waals surface area contributed by atoms with Crippen LogP contribution in [0.1, 0.15) is 22.3 Å². The second-order valence-electron chi connectivity index (χ2n) is 16.9. The van der Waals surface area contributed by atoms with Gasteiger partial charge in [-0.2, -0.15) is 0 Å². The zero-order valence-corrected chi connectivity index (χ0v) is 35.4. The summed E-state index contributed by atoms with van der Waals surface area (Å²) in [6.07, 6.45) is 7.65. The maximum atomic E-state index is 4.44. The van der Waals surface area contributed by atoms with Crippen molar-refractivity contribution in [2.75, 3.05) is 0 Å². The van der Waals surface area contributed by atoms with Gasteiger partial charge in [-0.05, 0) is 122 Å². The van der Waals surface area contributed by atoms with Gasteiger partial charge in [0.25, 0.3) is 0 Å². The maximum Gasteiger partial charge on any atom is 0.0715 e. The molecule has 8 aromatic carbocycles. The lowest BCUT2D eigenvalue weighted by Crippen LogP contribution is -2.28. The molecule has 0 atom stereocenters. The topological polar surface area (TPSA) is 35.6 Å². The summed E-state index contributed by atoms with van der Waals surface area (Å²) in [6.45, 7) is 0. The minimum Gasteiger partial charge on any atom is -0.309 e. The fraction of sp³-hybridized carbons (Fsp3) is 0.0164. The Kier molecular flexibility index (Phi) is 8.40. The minimum atomic E-state index is -0.534. The van der Waals surface area contributed by atoms with Crippen LogP contribution in [0, 0.1) is 0 Å². The fourth-order valence-corrected chi connectivity index (χ4v) is 11.0. The van der Waals surface area contributed by atoms with Crippen molar-refractivity contribution >= 4 is 32.7 Å². The molecule has 12 aromatic rings. The lowest BCUT2D eigenvalue weighted by Gasteiger charge is -2.33. The Morgan fingerprint density at radius 2 is 0.831 bits per heavy atom. The molecule has 4 aromatic heterocycles. The molecule has 0 aliphatic heterocycles. The summed E-state index contributed by atoms with van der Waals surface area (Å²) in [4.78, 5) is 8.88. The van der Waals surface area contributed by atoms with E-state index in [2.05, 4.69) is 237 Å². The molecule has 0 saturated heterocycles. The van der Waals surface area contributed by atoms with Gasteiger partial charge in [-0.15, -0.1) is 0 Å². The summed E-state index contributed by atoms with van der Waals surface area (Å²) in [7, 11) is 0. The van der Waals surface area contributed by atoms with Crippen LogP contribution in [0.2, 0.25) is 0 Å². The smallest absolute Gasteiger partial charge is 0.0715 e. The van der Waals surface area contributed by atoms with E-state index in [4.69, 9.17) is 0 Å². The van der Waals surface area contributed by atoms with E-state index in [1.807, 2.05) is 24.8 Å². The summed E-state index contributed by atoms with van der Waals surface area (Å²) in [6, 6.07) is 79.6. The van der Waals surface area contributed by atoms with E-state index >= 15 is 0 Å². The predicted octanol–water partition coefficient (Wildman–Crippen LogP) is 14.9. The van der Waals surface area contributed by atoms with E-state index in [0.717, 1.165) is 11.4 Å². The van der Waals surface area contributed by atoms with Gasteiger partial charge >= 0.3 is 0 Å². The fourth-order valence-electron chi connectivity index (χ4n) is 11.0. The SMILES string of the molecule is c1ccc(-c2c(-c3ccccc3)n(-c3ccc(-c4ccc(-n5c6ccccc6c6c7c(ccc65)C(c5ccncc5)(c5ccncc5)c5ccccc5-7)cc4)cc3)c3ccccc23)cc1. The largest absolute Gasteiger partial charge is 0.309 e. The van der Waals surface area contributed by atoms with E-state index in [1.165, 1.54) is 99.6 Å². The molecule has 65 heavy (non-hydrogen) atoms. The highest BCUT2D eigenvalue weighted by Gasteiger charge is 2.47. The zero-order chi connectivity index (χ0) is 42.9. The van der Waals surface area contributed by atoms with Crippen molar-refractivity contribution in [1.82, 2.24) is 19.1 Å². The van der Waals surface area contributed by atoms with Crippen LogP contribution in [0.15, 0.2) is 243 Å². The molecular formula is C61H40N4. The number of benzene rings is 8. The number of para-hydroxylation sites is 2. The van der Waals surface area contributed by atoms with Gasteiger partial charge in [0.05, 0.1) is 27.7 Å². The minimum absolute atomic E-state index is 0.534. The van der Waals surface area contributed by atoms with Crippen molar-refractivity contribution in [3.05, 3.63) is 265 Å². The van der Waals surface area contributed by atoms with Crippen LogP contribution in [0.25, 0.3) is 88.7 Å². The highest BCUT2D eigenvalue weighted by Crippen LogP contribution is 2.58. The lowest BCUT2D eigenvalue weighted by atomic mass is 9.68. The third-order valence-electron chi connectivity index (χ3n) is 13.6. The first-order chi connectivity index (χ1) is 32.3. The number of aromatic nitrogens is 4. The summed E-state index contributed by atoms with van der Waals surface area (Å²) in [5.41, 5.74) is 19.9. The van der Waals surface area contributed by atoms with Gasteiger partial charge in [-0.1, -0.05) is 152 Å². The van der Waals surface area contributed by atoms with E-state index in [-0.39, 0.29) is 0 Å². The molecule has 4 heterocycles. The molecule has 0 spiro atoms. The Bertz CT molecular complexity index is 3680. The number of pyridine rings is 2. The first kappa shape index (κ1) is 37.0. The summed E-state index contributed by atoms with van der Waals surface area (Å²) in [5, 5.41) is 3.73. The predicted molar refractivity (Wildman–Crippen MR) is 267 cm³/mol. The molecule has 0 bridgehead atoms.